The molecule has 0 spiro atoms. The summed E-state index contributed by atoms with van der Waals surface area (Å²) < 4.78 is 10.2. The molecule has 0 unspecified atom stereocenters. The van der Waals surface area contributed by atoms with Crippen molar-refractivity contribution in [3.05, 3.63) is 18.2 Å². The van der Waals surface area contributed by atoms with E-state index in [1.54, 1.807) is 18.2 Å². The Morgan fingerprint density at radius 3 is 2.65 bits per heavy atom. The lowest BCUT2D eigenvalue weighted by Crippen LogP contribution is -2.93. The second-order valence-electron chi connectivity index (χ2n) is 4.85. The molecule has 1 amide bonds. The smallest absolute Gasteiger partial charge is 0.230 e. The number of aliphatic carboxylic acids is 1. The lowest BCUT2D eigenvalue weighted by atomic mass is 10.2. The van der Waals surface area contributed by atoms with Crippen LogP contribution in [-0.2, 0) is 9.59 Å². The number of benzene rings is 1. The predicted octanol–water partition coefficient (Wildman–Crippen LogP) is -1.90. The number of hydrogen-bond donors (Lipinski definition) is 3. The number of carbonyl (C=O) groups excluding carboxylic acids is 2. The zero-order valence-electron chi connectivity index (χ0n) is 13.2. The lowest BCUT2D eigenvalue weighted by molar-refractivity contribution is -0.682. The summed E-state index contributed by atoms with van der Waals surface area (Å²) in [6.45, 7) is 0.356. The number of aliphatic hydroxyl groups is 1. The van der Waals surface area contributed by atoms with Gasteiger partial charge in [0.1, 0.15) is 17.5 Å². The number of nitrogens with one attached hydrogen (secondary N) is 1. The van der Waals surface area contributed by atoms with Crippen LogP contribution < -0.4 is 25.2 Å². The number of carboxylic acid groups (broad SMARTS) is 1. The Bertz CT molecular complexity index is 535. The van der Waals surface area contributed by atoms with E-state index in [4.69, 9.17) is 14.6 Å². The molecule has 0 radical (unpaired) electrons. The van der Waals surface area contributed by atoms with Crippen molar-refractivity contribution in [2.24, 2.45) is 0 Å². The SMILES string of the molecule is COc1ccc(OC)c(NC(=O)C[C@@H]([NH2+]CCCO)C(=O)[O-])c1. The number of aliphatic hydroxyl groups excluding tert-OH is 1. The number of methoxy groups -OCH3 is 2. The Morgan fingerprint density at radius 2 is 2.09 bits per heavy atom. The highest BCUT2D eigenvalue weighted by atomic mass is 16.5. The molecule has 1 atom stereocenters. The number of anilines is 1. The minimum atomic E-state index is -1.32. The molecule has 1 aromatic rings. The molecule has 0 aliphatic heterocycles. The summed E-state index contributed by atoms with van der Waals surface area (Å²) in [6.07, 6.45) is 0.184. The van der Waals surface area contributed by atoms with Crippen LogP contribution in [0.4, 0.5) is 5.69 Å². The fourth-order valence-corrected chi connectivity index (χ4v) is 1.99. The molecular weight excluding hydrogens is 304 g/mol. The van der Waals surface area contributed by atoms with E-state index < -0.39 is 17.9 Å². The van der Waals surface area contributed by atoms with Gasteiger partial charge in [-0.1, -0.05) is 0 Å². The van der Waals surface area contributed by atoms with Crippen molar-refractivity contribution in [1.82, 2.24) is 0 Å². The molecule has 1 rings (SSSR count). The molecule has 128 valence electrons. The Labute approximate surface area is 134 Å². The highest BCUT2D eigenvalue weighted by Gasteiger charge is 2.19. The first kappa shape index (κ1) is 18.7. The highest BCUT2D eigenvalue weighted by molar-refractivity contribution is 5.94. The van der Waals surface area contributed by atoms with Gasteiger partial charge in [-0.3, -0.25) is 4.79 Å². The van der Waals surface area contributed by atoms with Crippen LogP contribution in [0.2, 0.25) is 0 Å². The molecule has 1 aromatic carbocycles. The number of ether oxygens (including phenoxy) is 2. The molecule has 4 N–H and O–H groups in total. The van der Waals surface area contributed by atoms with Gasteiger partial charge in [-0.15, -0.1) is 0 Å². The summed E-state index contributed by atoms with van der Waals surface area (Å²) >= 11 is 0. The maximum atomic E-state index is 12.1. The molecule has 0 aliphatic carbocycles. The van der Waals surface area contributed by atoms with Crippen LogP contribution in [0.25, 0.3) is 0 Å². The minimum Gasteiger partial charge on any atom is -0.544 e. The first-order valence-corrected chi connectivity index (χ1v) is 7.18. The third-order valence-electron chi connectivity index (χ3n) is 3.20. The summed E-state index contributed by atoms with van der Waals surface area (Å²) in [4.78, 5) is 23.1. The van der Waals surface area contributed by atoms with Crippen LogP contribution >= 0.6 is 0 Å². The number of carbonyl (C=O) groups is 2. The van der Waals surface area contributed by atoms with Gasteiger partial charge >= 0.3 is 0 Å². The van der Waals surface area contributed by atoms with Crippen molar-refractivity contribution >= 4 is 17.6 Å². The second-order valence-corrected chi connectivity index (χ2v) is 4.85. The molecule has 0 saturated carbocycles. The third-order valence-corrected chi connectivity index (χ3v) is 3.20. The topological polar surface area (TPSA) is 125 Å². The summed E-state index contributed by atoms with van der Waals surface area (Å²) in [5, 5.41) is 23.9. The molecule has 23 heavy (non-hydrogen) atoms. The summed E-state index contributed by atoms with van der Waals surface area (Å²) in [7, 11) is 2.96. The number of amides is 1. The number of rotatable bonds is 10. The summed E-state index contributed by atoms with van der Waals surface area (Å²) in [5.74, 6) is -0.831. The van der Waals surface area contributed by atoms with E-state index in [2.05, 4.69) is 5.32 Å². The minimum absolute atomic E-state index is 0.0382. The van der Waals surface area contributed by atoms with Crippen LogP contribution in [0.5, 0.6) is 11.5 Å². The van der Waals surface area contributed by atoms with Gasteiger partial charge in [0, 0.05) is 19.1 Å². The Morgan fingerprint density at radius 1 is 1.35 bits per heavy atom. The standard InChI is InChI=1S/C15H22N2O6/c1-22-10-4-5-13(23-2)11(8-10)17-14(19)9-12(15(20)21)16-6-3-7-18/h4-5,8,12,16,18H,3,6-7,9H2,1-2H3,(H,17,19)(H,20,21)/t12-/m1/s1. The van der Waals surface area contributed by atoms with E-state index >= 15 is 0 Å². The first-order chi connectivity index (χ1) is 11.0. The average Bonchev–Trinajstić information content (AvgIpc) is 2.53. The normalized spacial score (nSPS) is 11.6. The summed E-state index contributed by atoms with van der Waals surface area (Å²) in [6, 6.07) is 3.89. The van der Waals surface area contributed by atoms with E-state index in [-0.39, 0.29) is 13.0 Å². The van der Waals surface area contributed by atoms with E-state index in [1.165, 1.54) is 19.5 Å². The van der Waals surface area contributed by atoms with Gasteiger partial charge in [0.25, 0.3) is 0 Å². The zero-order valence-corrected chi connectivity index (χ0v) is 13.2. The first-order valence-electron chi connectivity index (χ1n) is 7.18. The Kier molecular flexibility index (Phi) is 7.86. The fraction of sp³-hybridized carbons (Fsp3) is 0.467. The largest absolute Gasteiger partial charge is 0.544 e. The monoisotopic (exact) mass is 326 g/mol. The van der Waals surface area contributed by atoms with Crippen molar-refractivity contribution < 1.29 is 34.6 Å². The zero-order chi connectivity index (χ0) is 17.2. The average molecular weight is 326 g/mol. The maximum Gasteiger partial charge on any atom is 0.230 e. The second kappa shape index (κ2) is 9.65. The predicted molar refractivity (Wildman–Crippen MR) is 80.1 cm³/mol. The Hall–Kier alpha value is -2.32. The van der Waals surface area contributed by atoms with Crippen LogP contribution in [0.1, 0.15) is 12.8 Å². The van der Waals surface area contributed by atoms with Gasteiger partial charge in [-0.2, -0.15) is 0 Å². The molecular formula is C15H22N2O6. The van der Waals surface area contributed by atoms with Crippen molar-refractivity contribution in [1.29, 1.82) is 0 Å². The highest BCUT2D eigenvalue weighted by Crippen LogP contribution is 2.28. The number of quaternary nitrogens is 1. The van der Waals surface area contributed by atoms with E-state index in [9.17, 15) is 14.7 Å². The molecule has 0 aromatic heterocycles. The molecule has 8 nitrogen and oxygen atoms in total. The number of hydrogen-bond acceptors (Lipinski definition) is 6. The van der Waals surface area contributed by atoms with Crippen molar-refractivity contribution in [3.63, 3.8) is 0 Å². The molecule has 0 bridgehead atoms. The van der Waals surface area contributed by atoms with Crippen LogP contribution in [0.3, 0.4) is 0 Å². The molecule has 0 aliphatic rings. The van der Waals surface area contributed by atoms with Gasteiger partial charge in [0.15, 0.2) is 0 Å². The lowest BCUT2D eigenvalue weighted by Gasteiger charge is -2.17. The van der Waals surface area contributed by atoms with Crippen molar-refractivity contribution in [2.45, 2.75) is 18.9 Å². The van der Waals surface area contributed by atoms with Crippen LogP contribution in [-0.4, -0.2) is 50.4 Å². The number of carboxylic acids is 1. The number of nitrogens with two attached hydrogens (primary N) is 1. The molecule has 0 saturated heterocycles. The van der Waals surface area contributed by atoms with Crippen LogP contribution in [0, 0.1) is 0 Å². The quantitative estimate of drug-likeness (QED) is 0.431. The van der Waals surface area contributed by atoms with Gasteiger partial charge in [0.2, 0.25) is 5.91 Å². The van der Waals surface area contributed by atoms with Gasteiger partial charge in [-0.05, 0) is 12.1 Å². The Balaban J connectivity index is 2.72. The fourth-order valence-electron chi connectivity index (χ4n) is 1.99. The molecule has 0 heterocycles. The van der Waals surface area contributed by atoms with Gasteiger partial charge in [0.05, 0.1) is 38.8 Å². The summed E-state index contributed by atoms with van der Waals surface area (Å²) in [5.41, 5.74) is 0.393. The molecule has 8 heteroatoms. The van der Waals surface area contributed by atoms with Crippen molar-refractivity contribution in [3.8, 4) is 11.5 Å². The maximum absolute atomic E-state index is 12.1. The van der Waals surface area contributed by atoms with Crippen molar-refractivity contribution in [2.75, 3.05) is 32.7 Å². The van der Waals surface area contributed by atoms with Crippen LogP contribution in [0.15, 0.2) is 18.2 Å². The third kappa shape index (κ3) is 6.13. The van der Waals surface area contributed by atoms with Gasteiger partial charge < -0.3 is 35.1 Å². The van der Waals surface area contributed by atoms with E-state index in [0.717, 1.165) is 0 Å². The van der Waals surface area contributed by atoms with E-state index in [0.29, 0.717) is 30.2 Å². The molecule has 0 fully saturated rings. The van der Waals surface area contributed by atoms with E-state index in [1.807, 2.05) is 0 Å². The van der Waals surface area contributed by atoms with Gasteiger partial charge in [-0.25, -0.2) is 0 Å².